The van der Waals surface area contributed by atoms with Crippen LogP contribution in [0.15, 0.2) is 0 Å². The predicted molar refractivity (Wildman–Crippen MR) is 88.8 cm³/mol. The number of aliphatic hydroxyl groups is 1. The number of carbonyl (C=O) groups is 1. The molecule has 0 amide bonds. The van der Waals surface area contributed by atoms with Crippen LogP contribution in [-0.4, -0.2) is 30.9 Å². The second-order valence-electron chi connectivity index (χ2n) is 8.34. The SMILES string of the molecule is C[Si](C)(C)C#CCC[C@@H]1O[C@]2(O)CCC[C@@]23CCCC(=O)[C@H]13. The predicted octanol–water partition coefficient (Wildman–Crippen LogP) is 3.27. The van der Waals surface area contributed by atoms with Crippen molar-refractivity contribution in [3.8, 4) is 11.5 Å². The first-order valence-electron chi connectivity index (χ1n) is 8.70. The Morgan fingerprint density at radius 2 is 2.00 bits per heavy atom. The Bertz CT molecular complexity index is 527. The third-order valence-electron chi connectivity index (χ3n) is 5.64. The van der Waals surface area contributed by atoms with Gasteiger partial charge >= 0.3 is 0 Å². The lowest BCUT2D eigenvalue weighted by molar-refractivity contribution is -0.229. The minimum absolute atomic E-state index is 0.0950. The molecule has 2 saturated carbocycles. The molecule has 4 heteroatoms. The highest BCUT2D eigenvalue weighted by Crippen LogP contribution is 2.64. The van der Waals surface area contributed by atoms with Crippen molar-refractivity contribution < 1.29 is 14.6 Å². The summed E-state index contributed by atoms with van der Waals surface area (Å²) in [6.07, 6.45) is 6.52. The van der Waals surface area contributed by atoms with Crippen molar-refractivity contribution in [3.05, 3.63) is 0 Å². The van der Waals surface area contributed by atoms with Crippen LogP contribution in [0.4, 0.5) is 0 Å². The second-order valence-corrected chi connectivity index (χ2v) is 13.1. The maximum Gasteiger partial charge on any atom is 0.172 e. The zero-order chi connectivity index (χ0) is 16.0. The van der Waals surface area contributed by atoms with Crippen molar-refractivity contribution in [2.45, 2.75) is 82.9 Å². The van der Waals surface area contributed by atoms with Gasteiger partial charge in [0, 0.05) is 24.7 Å². The van der Waals surface area contributed by atoms with Gasteiger partial charge < -0.3 is 9.84 Å². The third-order valence-corrected chi connectivity index (χ3v) is 6.57. The van der Waals surface area contributed by atoms with E-state index in [0.29, 0.717) is 18.6 Å². The van der Waals surface area contributed by atoms with Gasteiger partial charge in [0.05, 0.1) is 12.0 Å². The first-order valence-corrected chi connectivity index (χ1v) is 12.2. The zero-order valence-electron chi connectivity index (χ0n) is 14.1. The highest BCUT2D eigenvalue weighted by atomic mass is 28.3. The van der Waals surface area contributed by atoms with Gasteiger partial charge in [-0.3, -0.25) is 4.79 Å². The van der Waals surface area contributed by atoms with Gasteiger partial charge in [0.15, 0.2) is 5.79 Å². The Kier molecular flexibility index (Phi) is 4.04. The molecule has 3 aliphatic rings. The van der Waals surface area contributed by atoms with Crippen LogP contribution >= 0.6 is 0 Å². The van der Waals surface area contributed by atoms with Crippen LogP contribution in [0, 0.1) is 22.8 Å². The van der Waals surface area contributed by atoms with Gasteiger partial charge in [-0.2, -0.15) is 0 Å². The average Bonchev–Trinajstić information content (AvgIpc) is 2.82. The van der Waals surface area contributed by atoms with Gasteiger partial charge in [-0.25, -0.2) is 0 Å². The fourth-order valence-electron chi connectivity index (χ4n) is 4.83. The molecule has 1 spiro atoms. The lowest BCUT2D eigenvalue weighted by atomic mass is 9.62. The highest BCUT2D eigenvalue weighted by Gasteiger charge is 2.69. The number of hydrogen-bond acceptors (Lipinski definition) is 3. The summed E-state index contributed by atoms with van der Waals surface area (Å²) in [6.45, 7) is 6.70. The van der Waals surface area contributed by atoms with Crippen molar-refractivity contribution in [1.82, 2.24) is 0 Å². The van der Waals surface area contributed by atoms with E-state index in [1.807, 2.05) is 0 Å². The lowest BCUT2D eigenvalue weighted by Crippen LogP contribution is -2.48. The number of ether oxygens (including phenoxy) is 1. The normalized spacial score (nSPS) is 40.8. The van der Waals surface area contributed by atoms with Crippen LogP contribution in [0.3, 0.4) is 0 Å². The summed E-state index contributed by atoms with van der Waals surface area (Å²) in [5.41, 5.74) is 3.08. The van der Waals surface area contributed by atoms with E-state index in [-0.39, 0.29) is 17.4 Å². The van der Waals surface area contributed by atoms with E-state index in [0.717, 1.165) is 38.5 Å². The molecule has 0 aromatic heterocycles. The average molecular weight is 321 g/mol. The van der Waals surface area contributed by atoms with Crippen molar-refractivity contribution in [1.29, 1.82) is 0 Å². The Hall–Kier alpha value is -0.633. The smallest absolute Gasteiger partial charge is 0.172 e. The quantitative estimate of drug-likeness (QED) is 0.627. The van der Waals surface area contributed by atoms with Gasteiger partial charge in [-0.05, 0) is 32.1 Å². The molecule has 1 N–H and O–H groups in total. The van der Waals surface area contributed by atoms with Crippen LogP contribution in [0.1, 0.15) is 51.4 Å². The molecule has 3 rings (SSSR count). The highest BCUT2D eigenvalue weighted by molar-refractivity contribution is 6.83. The Balaban J connectivity index is 1.76. The Morgan fingerprint density at radius 3 is 2.73 bits per heavy atom. The Labute approximate surface area is 134 Å². The fourth-order valence-corrected chi connectivity index (χ4v) is 5.48. The van der Waals surface area contributed by atoms with E-state index < -0.39 is 13.9 Å². The molecular formula is C18H28O3Si. The van der Waals surface area contributed by atoms with Gasteiger partial charge in [0.25, 0.3) is 0 Å². The summed E-state index contributed by atoms with van der Waals surface area (Å²) >= 11 is 0. The number of carbonyl (C=O) groups excluding carboxylic acids is 1. The molecule has 0 bridgehead atoms. The first kappa shape index (κ1) is 16.2. The summed E-state index contributed by atoms with van der Waals surface area (Å²) in [5, 5.41) is 11.0. The molecular weight excluding hydrogens is 292 g/mol. The molecule has 4 atom stereocenters. The Morgan fingerprint density at radius 1 is 1.27 bits per heavy atom. The first-order chi connectivity index (χ1) is 10.3. The van der Waals surface area contributed by atoms with Crippen LogP contribution in [0.2, 0.25) is 19.6 Å². The molecule has 3 nitrogen and oxygen atoms in total. The van der Waals surface area contributed by atoms with Crippen molar-refractivity contribution in [3.63, 3.8) is 0 Å². The summed E-state index contributed by atoms with van der Waals surface area (Å²) in [6, 6.07) is 0. The standard InChI is InChI=1S/C18H28O3Si/c1-22(2,3)13-5-4-9-15-16-14(19)8-6-10-17(16)11-7-12-18(17,20)21-15/h15-16,20H,4,6-12H2,1-3H3/t15-,16+,17+,18+/m0/s1. The van der Waals surface area contributed by atoms with Gasteiger partial charge in [-0.15, -0.1) is 11.5 Å². The number of hydrogen-bond donors (Lipinski definition) is 1. The summed E-state index contributed by atoms with van der Waals surface area (Å²) < 4.78 is 6.09. The summed E-state index contributed by atoms with van der Waals surface area (Å²) in [5.74, 6) is 2.44. The van der Waals surface area contributed by atoms with Gasteiger partial charge in [0.1, 0.15) is 13.9 Å². The number of rotatable bonds is 2. The molecule has 0 aromatic carbocycles. The van der Waals surface area contributed by atoms with E-state index in [9.17, 15) is 9.90 Å². The van der Waals surface area contributed by atoms with E-state index in [2.05, 4.69) is 31.1 Å². The van der Waals surface area contributed by atoms with Gasteiger partial charge in [0.2, 0.25) is 0 Å². The zero-order valence-corrected chi connectivity index (χ0v) is 15.1. The van der Waals surface area contributed by atoms with Crippen LogP contribution < -0.4 is 0 Å². The molecule has 1 saturated heterocycles. The molecule has 0 radical (unpaired) electrons. The molecule has 1 aliphatic heterocycles. The second kappa shape index (κ2) is 5.47. The maximum absolute atomic E-state index is 12.5. The van der Waals surface area contributed by atoms with Crippen molar-refractivity contribution in [2.75, 3.05) is 0 Å². The van der Waals surface area contributed by atoms with Crippen molar-refractivity contribution in [2.24, 2.45) is 11.3 Å². The van der Waals surface area contributed by atoms with Gasteiger partial charge in [-0.1, -0.05) is 19.6 Å². The van der Waals surface area contributed by atoms with E-state index in [1.165, 1.54) is 0 Å². The molecule has 0 aromatic rings. The molecule has 3 fully saturated rings. The largest absolute Gasteiger partial charge is 0.365 e. The van der Waals surface area contributed by atoms with Crippen LogP contribution in [0.25, 0.3) is 0 Å². The van der Waals surface area contributed by atoms with Crippen LogP contribution in [-0.2, 0) is 9.53 Å². The lowest BCUT2D eigenvalue weighted by Gasteiger charge is -2.41. The minimum Gasteiger partial charge on any atom is -0.365 e. The topological polar surface area (TPSA) is 46.5 Å². The van der Waals surface area contributed by atoms with Crippen molar-refractivity contribution >= 4 is 13.9 Å². The number of Topliss-reactive ketones (excluding diaryl/α,β-unsaturated/α-hetero) is 1. The summed E-state index contributed by atoms with van der Waals surface area (Å²) in [4.78, 5) is 12.5. The molecule has 22 heavy (non-hydrogen) atoms. The number of ketones is 1. The molecule has 1 heterocycles. The minimum atomic E-state index is -1.34. The molecule has 0 unspecified atom stereocenters. The maximum atomic E-state index is 12.5. The van der Waals surface area contributed by atoms with E-state index in [1.54, 1.807) is 0 Å². The summed E-state index contributed by atoms with van der Waals surface area (Å²) in [7, 11) is -1.34. The third kappa shape index (κ3) is 2.58. The van der Waals surface area contributed by atoms with Crippen LogP contribution in [0.5, 0.6) is 0 Å². The van der Waals surface area contributed by atoms with E-state index in [4.69, 9.17) is 4.74 Å². The fraction of sp³-hybridized carbons (Fsp3) is 0.833. The molecule has 2 aliphatic carbocycles. The molecule has 122 valence electrons. The van der Waals surface area contributed by atoms with E-state index >= 15 is 0 Å². The monoisotopic (exact) mass is 320 g/mol.